The second kappa shape index (κ2) is 6.41. The molecule has 116 valence electrons. The molecule has 3 rings (SSSR count). The Morgan fingerprint density at radius 1 is 1.17 bits per heavy atom. The van der Waals surface area contributed by atoms with Crippen LogP contribution in [0.4, 0.5) is 0 Å². The van der Waals surface area contributed by atoms with E-state index in [0.29, 0.717) is 20.6 Å². The van der Waals surface area contributed by atoms with Gasteiger partial charge in [-0.3, -0.25) is 9.36 Å². The van der Waals surface area contributed by atoms with Crippen molar-refractivity contribution in [3.63, 3.8) is 0 Å². The maximum absolute atomic E-state index is 12.8. The zero-order chi connectivity index (χ0) is 17.1. The SMILES string of the molecule is Cc1ccc(/C=c2\sc(=C(C#N)C#N)n(-c3ccccc3)c2=O)o1. The highest BCUT2D eigenvalue weighted by Crippen LogP contribution is 2.07. The Kier molecular flexibility index (Phi) is 4.15. The van der Waals surface area contributed by atoms with Crippen LogP contribution in [0.5, 0.6) is 0 Å². The van der Waals surface area contributed by atoms with Crippen LogP contribution in [-0.2, 0) is 0 Å². The van der Waals surface area contributed by atoms with Crippen LogP contribution >= 0.6 is 11.3 Å². The highest BCUT2D eigenvalue weighted by molar-refractivity contribution is 7.07. The van der Waals surface area contributed by atoms with E-state index >= 15 is 0 Å². The van der Waals surface area contributed by atoms with Gasteiger partial charge in [0.1, 0.15) is 28.3 Å². The molecule has 0 bridgehead atoms. The van der Waals surface area contributed by atoms with E-state index in [0.717, 1.165) is 17.1 Å². The third kappa shape index (κ3) is 2.79. The minimum absolute atomic E-state index is 0.101. The molecule has 5 nitrogen and oxygen atoms in total. The highest BCUT2D eigenvalue weighted by atomic mass is 32.1. The largest absolute Gasteiger partial charge is 0.462 e. The van der Waals surface area contributed by atoms with Crippen LogP contribution in [0.25, 0.3) is 17.3 Å². The minimum Gasteiger partial charge on any atom is -0.462 e. The molecule has 0 unspecified atom stereocenters. The number of para-hydroxylation sites is 1. The quantitative estimate of drug-likeness (QED) is 0.716. The molecule has 2 heterocycles. The molecule has 0 amide bonds. The normalized spacial score (nSPS) is 11.0. The predicted molar refractivity (Wildman–Crippen MR) is 90.8 cm³/mol. The second-order valence-electron chi connectivity index (χ2n) is 4.94. The van der Waals surface area contributed by atoms with E-state index in [-0.39, 0.29) is 11.1 Å². The van der Waals surface area contributed by atoms with E-state index < -0.39 is 0 Å². The first kappa shape index (κ1) is 15.5. The molecule has 0 saturated carbocycles. The van der Waals surface area contributed by atoms with Crippen molar-refractivity contribution >= 4 is 23.0 Å². The first-order valence-corrected chi connectivity index (χ1v) is 7.85. The third-order valence-electron chi connectivity index (χ3n) is 3.31. The summed E-state index contributed by atoms with van der Waals surface area (Å²) in [6, 6.07) is 16.2. The number of thiazole rings is 1. The Morgan fingerprint density at radius 2 is 1.88 bits per heavy atom. The van der Waals surface area contributed by atoms with E-state index in [9.17, 15) is 15.3 Å². The van der Waals surface area contributed by atoms with Gasteiger partial charge < -0.3 is 4.42 Å². The topological polar surface area (TPSA) is 82.7 Å². The van der Waals surface area contributed by atoms with Crippen LogP contribution in [0.15, 0.2) is 51.7 Å². The van der Waals surface area contributed by atoms with Crippen molar-refractivity contribution in [1.82, 2.24) is 4.57 Å². The van der Waals surface area contributed by atoms with Crippen molar-refractivity contribution in [2.24, 2.45) is 0 Å². The standard InChI is InChI=1S/C18H11N3O2S/c1-12-7-8-15(23-12)9-16-17(22)21(14-5-3-2-4-6-14)18(24-16)13(10-19)11-20/h2-9H,1H3/b16-9-. The lowest BCUT2D eigenvalue weighted by atomic mass is 10.3. The van der Waals surface area contributed by atoms with Gasteiger partial charge in [0, 0.05) is 6.08 Å². The highest BCUT2D eigenvalue weighted by Gasteiger charge is 2.11. The summed E-state index contributed by atoms with van der Waals surface area (Å²) in [7, 11) is 0. The zero-order valence-corrected chi connectivity index (χ0v) is 13.5. The van der Waals surface area contributed by atoms with Crippen molar-refractivity contribution < 1.29 is 4.42 Å². The van der Waals surface area contributed by atoms with Crippen molar-refractivity contribution in [3.05, 3.63) is 73.5 Å². The Hall–Kier alpha value is -3.35. The average molecular weight is 333 g/mol. The Morgan fingerprint density at radius 3 is 2.46 bits per heavy atom. The second-order valence-corrected chi connectivity index (χ2v) is 5.97. The van der Waals surface area contributed by atoms with Gasteiger partial charge in [-0.15, -0.1) is 11.3 Å². The number of rotatable bonds is 2. The fraction of sp³-hybridized carbons (Fsp3) is 0.0556. The van der Waals surface area contributed by atoms with E-state index in [1.807, 2.05) is 25.1 Å². The Labute approximate surface area is 141 Å². The van der Waals surface area contributed by atoms with Gasteiger partial charge in [-0.25, -0.2) is 0 Å². The van der Waals surface area contributed by atoms with Crippen LogP contribution < -0.4 is 14.8 Å². The van der Waals surface area contributed by atoms with Crippen molar-refractivity contribution in [1.29, 1.82) is 10.5 Å². The number of aryl methyl sites for hydroxylation is 1. The maximum atomic E-state index is 12.8. The molecule has 0 fully saturated rings. The van der Waals surface area contributed by atoms with Crippen molar-refractivity contribution in [2.45, 2.75) is 6.92 Å². The van der Waals surface area contributed by atoms with Crippen LogP contribution in [-0.4, -0.2) is 4.57 Å². The molecule has 0 aliphatic carbocycles. The molecule has 1 aromatic carbocycles. The zero-order valence-electron chi connectivity index (χ0n) is 12.7. The van der Waals surface area contributed by atoms with E-state index in [1.165, 1.54) is 4.57 Å². The number of furan rings is 1. The van der Waals surface area contributed by atoms with Crippen molar-refractivity contribution in [2.75, 3.05) is 0 Å². The van der Waals surface area contributed by atoms with Crippen LogP contribution in [0.1, 0.15) is 11.5 Å². The smallest absolute Gasteiger partial charge is 0.273 e. The number of nitriles is 2. The molecule has 0 aliphatic heterocycles. The lowest BCUT2D eigenvalue weighted by molar-refractivity contribution is 0.525. The summed E-state index contributed by atoms with van der Waals surface area (Å²) in [6.07, 6.45) is 1.62. The van der Waals surface area contributed by atoms with E-state index in [4.69, 9.17) is 4.42 Å². The van der Waals surface area contributed by atoms with E-state index in [1.54, 1.807) is 42.5 Å². The fourth-order valence-electron chi connectivity index (χ4n) is 2.24. The molecule has 0 saturated heterocycles. The molecule has 0 spiro atoms. The van der Waals surface area contributed by atoms with Gasteiger partial charge in [0.05, 0.1) is 10.2 Å². The van der Waals surface area contributed by atoms with Gasteiger partial charge in [0.25, 0.3) is 5.56 Å². The first-order chi connectivity index (χ1) is 11.6. The Bertz CT molecular complexity index is 1140. The van der Waals surface area contributed by atoms with Gasteiger partial charge in [-0.05, 0) is 31.2 Å². The summed E-state index contributed by atoms with van der Waals surface area (Å²) < 4.78 is 7.57. The molecule has 0 aliphatic rings. The number of aromatic nitrogens is 1. The molecule has 0 atom stereocenters. The number of benzene rings is 1. The lowest BCUT2D eigenvalue weighted by Crippen LogP contribution is -2.30. The minimum atomic E-state index is -0.293. The molecular formula is C18H11N3O2S. The van der Waals surface area contributed by atoms with Gasteiger partial charge in [0.2, 0.25) is 0 Å². The number of hydrogen-bond acceptors (Lipinski definition) is 5. The molecule has 6 heteroatoms. The summed E-state index contributed by atoms with van der Waals surface area (Å²) in [4.78, 5) is 12.8. The van der Waals surface area contributed by atoms with Gasteiger partial charge in [0.15, 0.2) is 5.57 Å². The maximum Gasteiger partial charge on any atom is 0.273 e. The Balaban J connectivity index is 2.40. The van der Waals surface area contributed by atoms with Crippen LogP contribution in [0.2, 0.25) is 0 Å². The van der Waals surface area contributed by atoms with Gasteiger partial charge in [-0.1, -0.05) is 18.2 Å². The summed E-state index contributed by atoms with van der Waals surface area (Å²) in [5, 5.41) is 18.4. The fourth-order valence-corrected chi connectivity index (χ4v) is 3.28. The molecule has 2 aromatic heterocycles. The summed E-state index contributed by atoms with van der Waals surface area (Å²) in [5.74, 6) is 1.29. The summed E-state index contributed by atoms with van der Waals surface area (Å²) in [6.45, 7) is 1.82. The average Bonchev–Trinajstić information content (AvgIpc) is 3.14. The van der Waals surface area contributed by atoms with Gasteiger partial charge in [-0.2, -0.15) is 10.5 Å². The molecule has 0 N–H and O–H groups in total. The number of nitrogens with zero attached hydrogens (tertiary/aromatic N) is 3. The monoisotopic (exact) mass is 333 g/mol. The lowest BCUT2D eigenvalue weighted by Gasteiger charge is -2.00. The summed E-state index contributed by atoms with van der Waals surface area (Å²) in [5.41, 5.74) is 0.210. The molecule has 0 radical (unpaired) electrons. The molecule has 3 aromatic rings. The predicted octanol–water partition coefficient (Wildman–Crippen LogP) is 1.83. The first-order valence-electron chi connectivity index (χ1n) is 7.04. The summed E-state index contributed by atoms with van der Waals surface area (Å²) >= 11 is 1.10. The van der Waals surface area contributed by atoms with Crippen LogP contribution in [0.3, 0.4) is 0 Å². The molecular weight excluding hydrogens is 322 g/mol. The van der Waals surface area contributed by atoms with Crippen molar-refractivity contribution in [3.8, 4) is 17.8 Å². The molecule has 24 heavy (non-hydrogen) atoms. The van der Waals surface area contributed by atoms with Gasteiger partial charge >= 0.3 is 0 Å². The third-order valence-corrected chi connectivity index (χ3v) is 4.40. The van der Waals surface area contributed by atoms with E-state index in [2.05, 4.69) is 0 Å². The number of hydrogen-bond donors (Lipinski definition) is 0. The van der Waals surface area contributed by atoms with Crippen LogP contribution in [0, 0.1) is 29.6 Å².